The van der Waals surface area contributed by atoms with Gasteiger partial charge in [-0.3, -0.25) is 5.10 Å². The molecule has 0 aromatic carbocycles. The highest BCUT2D eigenvalue weighted by Gasteiger charge is 2.27. The second-order valence-corrected chi connectivity index (χ2v) is 7.33. The van der Waals surface area contributed by atoms with Crippen molar-refractivity contribution in [2.45, 2.75) is 64.9 Å². The molecular formula is C14H28N4O2S. The van der Waals surface area contributed by atoms with E-state index >= 15 is 0 Å². The summed E-state index contributed by atoms with van der Waals surface area (Å²) in [6, 6.07) is -0.0687. The van der Waals surface area contributed by atoms with Crippen LogP contribution in [-0.4, -0.2) is 31.2 Å². The third-order valence-electron chi connectivity index (χ3n) is 3.50. The SMILES string of the molecule is CCCNCc1n[nH]c(C)c1S(=O)(=O)NC(CC)C(C)C. The maximum absolute atomic E-state index is 12.6. The molecule has 7 heteroatoms. The fourth-order valence-corrected chi connectivity index (χ4v) is 4.11. The molecule has 0 aliphatic heterocycles. The van der Waals surface area contributed by atoms with Crippen LogP contribution in [0.4, 0.5) is 0 Å². The summed E-state index contributed by atoms with van der Waals surface area (Å²) in [5, 5.41) is 10.1. The summed E-state index contributed by atoms with van der Waals surface area (Å²) in [6.45, 7) is 11.1. The average Bonchev–Trinajstić information content (AvgIpc) is 2.78. The first kappa shape index (κ1) is 18.1. The Labute approximate surface area is 128 Å². The maximum atomic E-state index is 12.6. The molecule has 0 aliphatic carbocycles. The molecule has 0 radical (unpaired) electrons. The van der Waals surface area contributed by atoms with Gasteiger partial charge < -0.3 is 5.32 Å². The van der Waals surface area contributed by atoms with Crippen molar-refractivity contribution in [3.8, 4) is 0 Å². The van der Waals surface area contributed by atoms with Crippen LogP contribution in [0.5, 0.6) is 0 Å². The largest absolute Gasteiger partial charge is 0.311 e. The predicted molar refractivity (Wildman–Crippen MR) is 84.6 cm³/mol. The summed E-state index contributed by atoms with van der Waals surface area (Å²) < 4.78 is 28.1. The predicted octanol–water partition coefficient (Wildman–Crippen LogP) is 1.93. The Bertz CT molecular complexity index is 537. The molecule has 0 fully saturated rings. The van der Waals surface area contributed by atoms with Gasteiger partial charge in [0, 0.05) is 12.6 Å². The van der Waals surface area contributed by atoms with E-state index in [0.717, 1.165) is 19.4 Å². The summed E-state index contributed by atoms with van der Waals surface area (Å²) >= 11 is 0. The molecule has 1 heterocycles. The number of nitrogens with one attached hydrogen (secondary N) is 3. The fraction of sp³-hybridized carbons (Fsp3) is 0.786. The van der Waals surface area contributed by atoms with Gasteiger partial charge in [-0.05, 0) is 32.2 Å². The number of sulfonamides is 1. The van der Waals surface area contributed by atoms with Gasteiger partial charge in [-0.15, -0.1) is 0 Å². The second kappa shape index (κ2) is 7.91. The van der Waals surface area contributed by atoms with Crippen molar-refractivity contribution in [2.24, 2.45) is 5.92 Å². The molecule has 0 saturated heterocycles. The maximum Gasteiger partial charge on any atom is 0.244 e. The van der Waals surface area contributed by atoms with Crippen LogP contribution in [0.15, 0.2) is 4.90 Å². The zero-order chi connectivity index (χ0) is 16.0. The van der Waals surface area contributed by atoms with Crippen LogP contribution in [0.2, 0.25) is 0 Å². The Kier molecular flexibility index (Phi) is 6.83. The molecule has 122 valence electrons. The Morgan fingerprint density at radius 1 is 1.29 bits per heavy atom. The van der Waals surface area contributed by atoms with Gasteiger partial charge in [0.15, 0.2) is 0 Å². The molecule has 21 heavy (non-hydrogen) atoms. The molecule has 6 nitrogen and oxygen atoms in total. The highest BCUT2D eigenvalue weighted by molar-refractivity contribution is 7.89. The van der Waals surface area contributed by atoms with Gasteiger partial charge in [0.25, 0.3) is 0 Å². The first-order chi connectivity index (χ1) is 9.83. The second-order valence-electron chi connectivity index (χ2n) is 5.68. The van der Waals surface area contributed by atoms with Crippen LogP contribution < -0.4 is 10.0 Å². The molecule has 3 N–H and O–H groups in total. The Morgan fingerprint density at radius 2 is 1.95 bits per heavy atom. The molecule has 0 saturated carbocycles. The summed E-state index contributed by atoms with van der Waals surface area (Å²) in [4.78, 5) is 0.283. The van der Waals surface area contributed by atoms with Gasteiger partial charge in [0.2, 0.25) is 10.0 Å². The van der Waals surface area contributed by atoms with Crippen molar-refractivity contribution in [2.75, 3.05) is 6.54 Å². The zero-order valence-corrected chi connectivity index (χ0v) is 14.5. The van der Waals surface area contributed by atoms with Gasteiger partial charge in [0.05, 0.1) is 11.4 Å². The Hall–Kier alpha value is -0.920. The van der Waals surface area contributed by atoms with E-state index in [-0.39, 0.29) is 16.9 Å². The van der Waals surface area contributed by atoms with Gasteiger partial charge in [0.1, 0.15) is 4.90 Å². The van der Waals surface area contributed by atoms with Crippen LogP contribution in [-0.2, 0) is 16.6 Å². The minimum atomic E-state index is -3.56. The smallest absolute Gasteiger partial charge is 0.244 e. The van der Waals surface area contributed by atoms with Gasteiger partial charge in [-0.1, -0.05) is 27.7 Å². The van der Waals surface area contributed by atoms with Gasteiger partial charge in [-0.25, -0.2) is 13.1 Å². The topological polar surface area (TPSA) is 86.9 Å². The van der Waals surface area contributed by atoms with Crippen LogP contribution in [0.3, 0.4) is 0 Å². The number of nitrogens with zero attached hydrogens (tertiary/aromatic N) is 1. The molecule has 0 bridgehead atoms. The lowest BCUT2D eigenvalue weighted by molar-refractivity contribution is 0.437. The summed E-state index contributed by atoms with van der Waals surface area (Å²) in [5.41, 5.74) is 1.13. The molecule has 0 amide bonds. The minimum absolute atomic E-state index is 0.0687. The van der Waals surface area contributed by atoms with E-state index in [9.17, 15) is 8.42 Å². The standard InChI is InChI=1S/C14H28N4O2S/c1-6-8-15-9-13-14(11(5)16-17-13)21(19,20)18-12(7-2)10(3)4/h10,12,15,18H,6-9H2,1-5H3,(H,16,17). The molecule has 0 spiro atoms. The van der Waals surface area contributed by atoms with E-state index in [0.29, 0.717) is 17.9 Å². The summed E-state index contributed by atoms with van der Waals surface area (Å²) in [6.07, 6.45) is 1.76. The summed E-state index contributed by atoms with van der Waals surface area (Å²) in [5.74, 6) is 0.249. The third kappa shape index (κ3) is 4.79. The molecule has 1 atom stereocenters. The molecule has 0 aliphatic rings. The lowest BCUT2D eigenvalue weighted by atomic mass is 10.0. The molecular weight excluding hydrogens is 288 g/mol. The quantitative estimate of drug-likeness (QED) is 0.608. The number of H-pyrrole nitrogens is 1. The van der Waals surface area contributed by atoms with E-state index in [1.165, 1.54) is 0 Å². The first-order valence-electron chi connectivity index (χ1n) is 7.60. The van der Waals surface area contributed by atoms with E-state index < -0.39 is 10.0 Å². The van der Waals surface area contributed by atoms with Gasteiger partial charge in [-0.2, -0.15) is 5.10 Å². The van der Waals surface area contributed by atoms with Crippen molar-refractivity contribution in [1.29, 1.82) is 0 Å². The third-order valence-corrected chi connectivity index (χ3v) is 5.19. The summed E-state index contributed by atoms with van der Waals surface area (Å²) in [7, 11) is -3.56. The normalized spacial score (nSPS) is 13.8. The monoisotopic (exact) mass is 316 g/mol. The number of aryl methyl sites for hydroxylation is 1. The minimum Gasteiger partial charge on any atom is -0.311 e. The lowest BCUT2D eigenvalue weighted by Crippen LogP contribution is -2.38. The highest BCUT2D eigenvalue weighted by atomic mass is 32.2. The van der Waals surface area contributed by atoms with Crippen molar-refractivity contribution >= 4 is 10.0 Å². The van der Waals surface area contributed by atoms with Crippen LogP contribution in [0, 0.1) is 12.8 Å². The fourth-order valence-electron chi connectivity index (χ4n) is 2.28. The average molecular weight is 316 g/mol. The van der Waals surface area contributed by atoms with Crippen LogP contribution in [0.25, 0.3) is 0 Å². The first-order valence-corrected chi connectivity index (χ1v) is 9.08. The molecule has 1 aromatic rings. The number of aromatic nitrogens is 2. The van der Waals surface area contributed by atoms with Crippen LogP contribution >= 0.6 is 0 Å². The highest BCUT2D eigenvalue weighted by Crippen LogP contribution is 2.19. The lowest BCUT2D eigenvalue weighted by Gasteiger charge is -2.20. The Morgan fingerprint density at radius 3 is 2.48 bits per heavy atom. The van der Waals surface area contributed by atoms with Crippen molar-refractivity contribution in [3.05, 3.63) is 11.4 Å². The number of aromatic amines is 1. The molecule has 1 aromatic heterocycles. The van der Waals surface area contributed by atoms with E-state index in [1.54, 1.807) is 6.92 Å². The van der Waals surface area contributed by atoms with Crippen molar-refractivity contribution in [3.63, 3.8) is 0 Å². The molecule has 1 rings (SSSR count). The van der Waals surface area contributed by atoms with E-state index in [2.05, 4.69) is 27.2 Å². The number of hydrogen-bond acceptors (Lipinski definition) is 4. The molecule has 1 unspecified atom stereocenters. The Balaban J connectivity index is 2.99. The van der Waals surface area contributed by atoms with E-state index in [1.807, 2.05) is 20.8 Å². The van der Waals surface area contributed by atoms with E-state index in [4.69, 9.17) is 0 Å². The number of hydrogen-bond donors (Lipinski definition) is 3. The van der Waals surface area contributed by atoms with Crippen molar-refractivity contribution in [1.82, 2.24) is 20.2 Å². The number of rotatable bonds is 9. The zero-order valence-electron chi connectivity index (χ0n) is 13.7. The van der Waals surface area contributed by atoms with Crippen molar-refractivity contribution < 1.29 is 8.42 Å². The van der Waals surface area contributed by atoms with Crippen LogP contribution in [0.1, 0.15) is 51.9 Å². The van der Waals surface area contributed by atoms with Gasteiger partial charge >= 0.3 is 0 Å².